The number of rotatable bonds is 3. The second-order valence-electron chi connectivity index (χ2n) is 4.11. The summed E-state index contributed by atoms with van der Waals surface area (Å²) in [5.74, 6) is -0.00655. The van der Waals surface area contributed by atoms with E-state index in [9.17, 15) is 9.59 Å². The zero-order chi connectivity index (χ0) is 12.4. The molecule has 1 atom stereocenters. The van der Waals surface area contributed by atoms with Gasteiger partial charge in [-0.1, -0.05) is 34.1 Å². The first kappa shape index (κ1) is 12.1. The Balaban J connectivity index is 2.14. The zero-order valence-corrected chi connectivity index (χ0v) is 11.0. The molecule has 1 heterocycles. The van der Waals surface area contributed by atoms with Gasteiger partial charge in [0.1, 0.15) is 5.78 Å². The Morgan fingerprint density at radius 1 is 1.53 bits per heavy atom. The van der Waals surface area contributed by atoms with E-state index in [-0.39, 0.29) is 24.4 Å². The molecule has 2 rings (SSSR count). The zero-order valence-electron chi connectivity index (χ0n) is 9.44. The molecular formula is C12H13BrN2O2. The number of nitrogens with one attached hydrogen (secondary N) is 1. The van der Waals surface area contributed by atoms with Crippen LogP contribution >= 0.6 is 15.9 Å². The van der Waals surface area contributed by atoms with Gasteiger partial charge < -0.3 is 10.2 Å². The van der Waals surface area contributed by atoms with Gasteiger partial charge in [0, 0.05) is 11.0 Å². The van der Waals surface area contributed by atoms with Crippen molar-refractivity contribution in [2.45, 2.75) is 13.0 Å². The van der Waals surface area contributed by atoms with E-state index >= 15 is 0 Å². The fraction of sp³-hybridized carbons (Fsp3) is 0.333. The van der Waals surface area contributed by atoms with E-state index in [1.807, 2.05) is 24.3 Å². The highest BCUT2D eigenvalue weighted by Crippen LogP contribution is 2.26. The summed E-state index contributed by atoms with van der Waals surface area (Å²) < 4.78 is 0.968. The quantitative estimate of drug-likeness (QED) is 0.929. The molecule has 0 aromatic heterocycles. The molecule has 0 saturated carbocycles. The van der Waals surface area contributed by atoms with Gasteiger partial charge in [-0.15, -0.1) is 0 Å². The molecule has 0 spiro atoms. The van der Waals surface area contributed by atoms with E-state index in [2.05, 4.69) is 21.2 Å². The molecule has 1 N–H and O–H groups in total. The SMILES string of the molecule is CC(=O)CN1CC(c2ccccc2Br)NC1=O. The van der Waals surface area contributed by atoms with Crippen LogP contribution in [-0.4, -0.2) is 29.8 Å². The first-order valence-electron chi connectivity index (χ1n) is 5.37. The van der Waals surface area contributed by atoms with Crippen molar-refractivity contribution in [3.05, 3.63) is 34.3 Å². The van der Waals surface area contributed by atoms with E-state index in [4.69, 9.17) is 0 Å². The Morgan fingerprint density at radius 2 is 2.24 bits per heavy atom. The topological polar surface area (TPSA) is 49.4 Å². The molecule has 2 amide bonds. The lowest BCUT2D eigenvalue weighted by molar-refractivity contribution is -0.117. The molecule has 0 radical (unpaired) electrons. The summed E-state index contributed by atoms with van der Waals surface area (Å²) in [4.78, 5) is 24.2. The second-order valence-corrected chi connectivity index (χ2v) is 4.96. The molecule has 1 aromatic rings. The third-order valence-electron chi connectivity index (χ3n) is 2.68. The summed E-state index contributed by atoms with van der Waals surface area (Å²) >= 11 is 3.46. The summed E-state index contributed by atoms with van der Waals surface area (Å²) in [5, 5.41) is 2.87. The number of urea groups is 1. The maximum Gasteiger partial charge on any atom is 0.318 e. The van der Waals surface area contributed by atoms with Crippen LogP contribution in [0.1, 0.15) is 18.5 Å². The van der Waals surface area contributed by atoms with Crippen LogP contribution in [0.5, 0.6) is 0 Å². The van der Waals surface area contributed by atoms with Gasteiger partial charge in [-0.05, 0) is 18.6 Å². The predicted octanol–water partition coefficient (Wildman–Crippen LogP) is 2.10. The standard InChI is InChI=1S/C12H13BrN2O2/c1-8(16)6-15-7-11(14-12(15)17)9-4-2-3-5-10(9)13/h2-5,11H,6-7H2,1H3,(H,14,17). The van der Waals surface area contributed by atoms with Crippen LogP contribution in [-0.2, 0) is 4.79 Å². The third-order valence-corrected chi connectivity index (χ3v) is 3.40. The Bertz CT molecular complexity index is 462. The van der Waals surface area contributed by atoms with Crippen molar-refractivity contribution in [3.8, 4) is 0 Å². The number of hydrogen-bond acceptors (Lipinski definition) is 2. The number of benzene rings is 1. The summed E-state index contributed by atoms with van der Waals surface area (Å²) in [6.45, 7) is 2.19. The third kappa shape index (κ3) is 2.66. The van der Waals surface area contributed by atoms with Gasteiger partial charge in [-0.25, -0.2) is 4.79 Å². The van der Waals surface area contributed by atoms with Gasteiger partial charge in [0.25, 0.3) is 0 Å². The van der Waals surface area contributed by atoms with Gasteiger partial charge in [-0.2, -0.15) is 0 Å². The number of nitrogens with zero attached hydrogens (tertiary/aromatic N) is 1. The van der Waals surface area contributed by atoms with Crippen LogP contribution < -0.4 is 5.32 Å². The molecule has 1 fully saturated rings. The monoisotopic (exact) mass is 296 g/mol. The van der Waals surface area contributed by atoms with Gasteiger partial charge in [0.05, 0.1) is 12.6 Å². The molecule has 5 heteroatoms. The largest absolute Gasteiger partial charge is 0.329 e. The Morgan fingerprint density at radius 3 is 2.88 bits per heavy atom. The summed E-state index contributed by atoms with van der Waals surface area (Å²) in [7, 11) is 0. The van der Waals surface area contributed by atoms with Gasteiger partial charge in [0.2, 0.25) is 0 Å². The predicted molar refractivity (Wildman–Crippen MR) is 67.7 cm³/mol. The molecule has 0 bridgehead atoms. The Labute approximate surface area is 108 Å². The number of halogens is 1. The maximum atomic E-state index is 11.7. The molecule has 1 saturated heterocycles. The van der Waals surface area contributed by atoms with Crippen molar-refractivity contribution in [1.82, 2.24) is 10.2 Å². The normalized spacial score (nSPS) is 19.3. The smallest absolute Gasteiger partial charge is 0.318 e. The van der Waals surface area contributed by atoms with E-state index in [0.29, 0.717) is 6.54 Å². The van der Waals surface area contributed by atoms with Gasteiger partial charge >= 0.3 is 6.03 Å². The van der Waals surface area contributed by atoms with Crippen LogP contribution in [0.3, 0.4) is 0 Å². The number of amides is 2. The lowest BCUT2D eigenvalue weighted by atomic mass is 10.1. The van der Waals surface area contributed by atoms with Crippen LogP contribution in [0.15, 0.2) is 28.7 Å². The first-order valence-corrected chi connectivity index (χ1v) is 6.16. The van der Waals surface area contributed by atoms with Crippen molar-refractivity contribution in [2.75, 3.05) is 13.1 Å². The highest BCUT2D eigenvalue weighted by atomic mass is 79.9. The second kappa shape index (κ2) is 4.87. The fourth-order valence-corrected chi connectivity index (χ4v) is 2.49. The highest BCUT2D eigenvalue weighted by Gasteiger charge is 2.30. The van der Waals surface area contributed by atoms with Gasteiger partial charge in [-0.3, -0.25) is 4.79 Å². The molecular weight excluding hydrogens is 284 g/mol. The number of carbonyl (C=O) groups excluding carboxylic acids is 2. The molecule has 17 heavy (non-hydrogen) atoms. The summed E-state index contributed by atoms with van der Waals surface area (Å²) in [6, 6.07) is 7.53. The van der Waals surface area contributed by atoms with E-state index in [1.54, 1.807) is 0 Å². The van der Waals surface area contributed by atoms with Crippen molar-refractivity contribution < 1.29 is 9.59 Å². The number of ketones is 1. The summed E-state index contributed by atoms with van der Waals surface area (Å²) in [6.07, 6.45) is 0. The number of hydrogen-bond donors (Lipinski definition) is 1. The van der Waals surface area contributed by atoms with Crippen molar-refractivity contribution in [3.63, 3.8) is 0 Å². The molecule has 1 aliphatic rings. The van der Waals surface area contributed by atoms with Crippen LogP contribution in [0.2, 0.25) is 0 Å². The minimum absolute atomic E-state index is 0.00655. The molecule has 4 nitrogen and oxygen atoms in total. The lowest BCUT2D eigenvalue weighted by Gasteiger charge is -2.13. The summed E-state index contributed by atoms with van der Waals surface area (Å²) in [5.41, 5.74) is 1.03. The van der Waals surface area contributed by atoms with E-state index in [1.165, 1.54) is 11.8 Å². The van der Waals surface area contributed by atoms with Gasteiger partial charge in [0.15, 0.2) is 0 Å². The maximum absolute atomic E-state index is 11.7. The van der Waals surface area contributed by atoms with Crippen LogP contribution in [0.25, 0.3) is 0 Å². The number of carbonyl (C=O) groups is 2. The molecule has 1 aliphatic heterocycles. The fourth-order valence-electron chi connectivity index (χ4n) is 1.93. The van der Waals surface area contributed by atoms with Crippen molar-refractivity contribution in [1.29, 1.82) is 0 Å². The minimum Gasteiger partial charge on any atom is -0.329 e. The molecule has 1 unspecified atom stereocenters. The van der Waals surface area contributed by atoms with E-state index < -0.39 is 0 Å². The average molecular weight is 297 g/mol. The Kier molecular flexibility index (Phi) is 3.47. The van der Waals surface area contributed by atoms with Crippen LogP contribution in [0, 0.1) is 0 Å². The molecule has 0 aliphatic carbocycles. The average Bonchev–Trinajstić information content (AvgIpc) is 2.60. The number of Topliss-reactive ketones (excluding diaryl/α,β-unsaturated/α-hetero) is 1. The minimum atomic E-state index is -0.180. The van der Waals surface area contributed by atoms with Crippen molar-refractivity contribution >= 4 is 27.7 Å². The van der Waals surface area contributed by atoms with Crippen molar-refractivity contribution in [2.24, 2.45) is 0 Å². The molecule has 1 aromatic carbocycles. The highest BCUT2D eigenvalue weighted by molar-refractivity contribution is 9.10. The lowest BCUT2D eigenvalue weighted by Crippen LogP contribution is -2.32. The molecule has 90 valence electrons. The first-order chi connectivity index (χ1) is 8.08. The Hall–Kier alpha value is -1.36. The van der Waals surface area contributed by atoms with Crippen LogP contribution in [0.4, 0.5) is 4.79 Å². The van der Waals surface area contributed by atoms with E-state index in [0.717, 1.165) is 10.0 Å².